The maximum atomic E-state index is 4.66. The van der Waals surface area contributed by atoms with Gasteiger partial charge in [-0.2, -0.15) is 0 Å². The summed E-state index contributed by atoms with van der Waals surface area (Å²) in [6.45, 7) is 0. The van der Waals surface area contributed by atoms with Gasteiger partial charge in [0.25, 0.3) is 0 Å². The normalized spacial score (nSPS) is 11.6. The minimum Gasteiger partial charge on any atom is -0.310 e. The van der Waals surface area contributed by atoms with Gasteiger partial charge in [-0.05, 0) is 114 Å². The zero-order chi connectivity index (χ0) is 36.3. The molecule has 0 fully saturated rings. The minimum absolute atomic E-state index is 0.977. The number of aromatic nitrogens is 1. The molecule has 0 spiro atoms. The zero-order valence-corrected chi connectivity index (χ0v) is 30.0. The summed E-state index contributed by atoms with van der Waals surface area (Å²) >= 11 is 0. The second kappa shape index (κ2) is 12.7. The molecular formula is C53H34N2. The summed E-state index contributed by atoms with van der Waals surface area (Å²) in [4.78, 5) is 6.99. The van der Waals surface area contributed by atoms with Crippen LogP contribution in [0.4, 0.5) is 17.1 Å². The molecule has 1 aliphatic carbocycles. The Morgan fingerprint density at radius 2 is 0.818 bits per heavy atom. The number of anilines is 3. The molecular weight excluding hydrogens is 665 g/mol. The number of nitrogens with zero attached hydrogens (tertiary/aromatic N) is 2. The summed E-state index contributed by atoms with van der Waals surface area (Å²) in [6, 6.07) is 72.5. The van der Waals surface area contributed by atoms with Gasteiger partial charge in [0, 0.05) is 23.0 Å². The van der Waals surface area contributed by atoms with Crippen LogP contribution in [0.1, 0.15) is 0 Å². The SMILES string of the molecule is c1ccc(-c2c3c(c(-c4ccccc4)c4ccccc24)-c2ccc(-c4ccc(N(c5ccccc5)c5ccnc6ccccc56)cc4)c4cccc-3c24)cc1. The van der Waals surface area contributed by atoms with Crippen molar-refractivity contribution >= 4 is 49.5 Å². The zero-order valence-electron chi connectivity index (χ0n) is 30.0. The molecule has 55 heavy (non-hydrogen) atoms. The Bertz CT molecular complexity index is 2960. The summed E-state index contributed by atoms with van der Waals surface area (Å²) in [5.74, 6) is 0. The van der Waals surface area contributed by atoms with Gasteiger partial charge in [-0.15, -0.1) is 0 Å². The average Bonchev–Trinajstić information content (AvgIpc) is 3.59. The lowest BCUT2D eigenvalue weighted by molar-refractivity contribution is 1.28. The third kappa shape index (κ3) is 4.92. The van der Waals surface area contributed by atoms with Crippen LogP contribution >= 0.6 is 0 Å². The monoisotopic (exact) mass is 698 g/mol. The largest absolute Gasteiger partial charge is 0.310 e. The molecule has 0 saturated heterocycles. The average molecular weight is 699 g/mol. The van der Waals surface area contributed by atoms with Crippen molar-refractivity contribution in [2.24, 2.45) is 0 Å². The number of hydrogen-bond acceptors (Lipinski definition) is 2. The highest BCUT2D eigenvalue weighted by Gasteiger charge is 2.31. The van der Waals surface area contributed by atoms with Gasteiger partial charge in [0.15, 0.2) is 0 Å². The van der Waals surface area contributed by atoms with E-state index < -0.39 is 0 Å². The molecule has 10 aromatic rings. The molecule has 256 valence electrons. The number of benzene rings is 9. The molecule has 1 aromatic heterocycles. The smallest absolute Gasteiger partial charge is 0.0723 e. The van der Waals surface area contributed by atoms with E-state index in [4.69, 9.17) is 0 Å². The van der Waals surface area contributed by atoms with Gasteiger partial charge < -0.3 is 4.90 Å². The van der Waals surface area contributed by atoms with Crippen LogP contribution in [0.3, 0.4) is 0 Å². The van der Waals surface area contributed by atoms with Crippen molar-refractivity contribution in [3.8, 4) is 55.6 Å². The van der Waals surface area contributed by atoms with Crippen molar-refractivity contribution < 1.29 is 0 Å². The van der Waals surface area contributed by atoms with Crippen LogP contribution in [0.2, 0.25) is 0 Å². The highest BCUT2D eigenvalue weighted by molar-refractivity contribution is 6.28. The van der Waals surface area contributed by atoms with Crippen molar-refractivity contribution in [1.29, 1.82) is 0 Å². The molecule has 2 heteroatoms. The van der Waals surface area contributed by atoms with E-state index in [1.807, 2.05) is 12.3 Å². The summed E-state index contributed by atoms with van der Waals surface area (Å²) in [5.41, 5.74) is 17.0. The molecule has 1 aliphatic rings. The molecule has 0 saturated carbocycles. The quantitative estimate of drug-likeness (QED) is 0.172. The van der Waals surface area contributed by atoms with E-state index in [2.05, 4.69) is 204 Å². The minimum atomic E-state index is 0.977. The number of rotatable bonds is 6. The van der Waals surface area contributed by atoms with E-state index >= 15 is 0 Å². The fourth-order valence-corrected chi connectivity index (χ4v) is 8.93. The number of hydrogen-bond donors (Lipinski definition) is 0. The molecule has 0 amide bonds. The van der Waals surface area contributed by atoms with Crippen molar-refractivity contribution in [3.63, 3.8) is 0 Å². The first kappa shape index (κ1) is 31.3. The van der Waals surface area contributed by atoms with Crippen LogP contribution in [-0.2, 0) is 0 Å². The number of fused-ring (bicyclic) bond motifs is 5. The first-order valence-corrected chi connectivity index (χ1v) is 18.9. The van der Waals surface area contributed by atoms with Crippen LogP contribution in [0.15, 0.2) is 206 Å². The second-order valence-electron chi connectivity index (χ2n) is 14.2. The maximum absolute atomic E-state index is 4.66. The predicted molar refractivity (Wildman–Crippen MR) is 232 cm³/mol. The first-order valence-electron chi connectivity index (χ1n) is 18.9. The molecule has 9 aromatic carbocycles. The van der Waals surface area contributed by atoms with Gasteiger partial charge in [-0.25, -0.2) is 0 Å². The second-order valence-corrected chi connectivity index (χ2v) is 14.2. The summed E-state index contributed by atoms with van der Waals surface area (Å²) in [5, 5.41) is 6.25. The molecule has 0 N–H and O–H groups in total. The van der Waals surface area contributed by atoms with Crippen LogP contribution in [0, 0.1) is 0 Å². The van der Waals surface area contributed by atoms with Crippen molar-refractivity contribution in [2.45, 2.75) is 0 Å². The van der Waals surface area contributed by atoms with E-state index in [0.29, 0.717) is 0 Å². The van der Waals surface area contributed by atoms with Crippen LogP contribution in [0.5, 0.6) is 0 Å². The molecule has 0 atom stereocenters. The van der Waals surface area contributed by atoms with Gasteiger partial charge in [0.1, 0.15) is 0 Å². The summed E-state index contributed by atoms with van der Waals surface area (Å²) < 4.78 is 0. The summed E-state index contributed by atoms with van der Waals surface area (Å²) in [6.07, 6.45) is 1.90. The fourth-order valence-electron chi connectivity index (χ4n) is 8.93. The molecule has 0 bridgehead atoms. The lowest BCUT2D eigenvalue weighted by Gasteiger charge is -2.26. The van der Waals surface area contributed by atoms with Crippen molar-refractivity contribution in [3.05, 3.63) is 206 Å². The first-order chi connectivity index (χ1) is 27.3. The van der Waals surface area contributed by atoms with Gasteiger partial charge in [0.2, 0.25) is 0 Å². The summed E-state index contributed by atoms with van der Waals surface area (Å²) in [7, 11) is 0. The van der Waals surface area contributed by atoms with E-state index in [0.717, 1.165) is 28.0 Å². The Morgan fingerprint density at radius 3 is 1.47 bits per heavy atom. The molecule has 0 unspecified atom stereocenters. The lowest BCUT2D eigenvalue weighted by atomic mass is 9.82. The third-order valence-electron chi connectivity index (χ3n) is 11.2. The lowest BCUT2D eigenvalue weighted by Crippen LogP contribution is -2.10. The van der Waals surface area contributed by atoms with E-state index in [-0.39, 0.29) is 0 Å². The van der Waals surface area contributed by atoms with Crippen molar-refractivity contribution in [1.82, 2.24) is 4.98 Å². The predicted octanol–water partition coefficient (Wildman–Crippen LogP) is 14.7. The van der Waals surface area contributed by atoms with E-state index in [9.17, 15) is 0 Å². The highest BCUT2D eigenvalue weighted by atomic mass is 15.1. The molecule has 11 rings (SSSR count). The Labute approximate surface area is 320 Å². The van der Waals surface area contributed by atoms with Gasteiger partial charge in [0.05, 0.1) is 11.2 Å². The maximum Gasteiger partial charge on any atom is 0.0723 e. The molecule has 0 aliphatic heterocycles. The Kier molecular flexibility index (Phi) is 7.21. The number of para-hydroxylation sites is 2. The Hall–Kier alpha value is -7.29. The van der Waals surface area contributed by atoms with E-state index in [1.165, 1.54) is 77.2 Å². The van der Waals surface area contributed by atoms with Gasteiger partial charge in [-0.1, -0.05) is 164 Å². The van der Waals surface area contributed by atoms with Crippen LogP contribution < -0.4 is 4.90 Å². The highest BCUT2D eigenvalue weighted by Crippen LogP contribution is 2.58. The van der Waals surface area contributed by atoms with Crippen LogP contribution in [-0.4, -0.2) is 4.98 Å². The Balaban J connectivity index is 1.12. The van der Waals surface area contributed by atoms with Gasteiger partial charge in [-0.3, -0.25) is 4.98 Å². The molecule has 0 radical (unpaired) electrons. The Morgan fingerprint density at radius 1 is 0.309 bits per heavy atom. The third-order valence-corrected chi connectivity index (χ3v) is 11.2. The fraction of sp³-hybridized carbons (Fsp3) is 0. The topological polar surface area (TPSA) is 16.1 Å². The van der Waals surface area contributed by atoms with Crippen LogP contribution in [0.25, 0.3) is 88.1 Å². The van der Waals surface area contributed by atoms with E-state index in [1.54, 1.807) is 0 Å². The molecule has 2 nitrogen and oxygen atoms in total. The number of pyridine rings is 1. The van der Waals surface area contributed by atoms with Gasteiger partial charge >= 0.3 is 0 Å². The standard InChI is InChI=1S/C53H34N2/c1-4-15-36(16-5-1)49-42-21-10-11-22-43(42)50(37-17-6-2-7-18-37)53-46-32-31-40(41-24-14-25-45(51(41)46)52(49)53)35-27-29-39(30-28-35)55(38-19-8-3-9-20-38)48-33-34-54-47-26-13-12-23-44(47)48/h1-34H. The molecule has 1 heterocycles. The van der Waals surface area contributed by atoms with Crippen molar-refractivity contribution in [2.75, 3.05) is 4.90 Å².